The van der Waals surface area contributed by atoms with E-state index >= 15 is 0 Å². The van der Waals surface area contributed by atoms with Gasteiger partial charge in [-0.25, -0.2) is 0 Å². The van der Waals surface area contributed by atoms with Crippen LogP contribution in [0.3, 0.4) is 0 Å². The molecular formula is C17H21BrN2O. The number of rotatable bonds is 7. The predicted molar refractivity (Wildman–Crippen MR) is 89.0 cm³/mol. The van der Waals surface area contributed by atoms with Crippen LogP contribution in [0.2, 0.25) is 0 Å². The van der Waals surface area contributed by atoms with E-state index in [0.29, 0.717) is 6.61 Å². The lowest BCUT2D eigenvalue weighted by atomic mass is 10.0. The van der Waals surface area contributed by atoms with Crippen LogP contribution in [0.4, 0.5) is 0 Å². The molecule has 0 fully saturated rings. The van der Waals surface area contributed by atoms with Crippen molar-refractivity contribution < 1.29 is 4.74 Å². The Morgan fingerprint density at radius 3 is 2.62 bits per heavy atom. The number of hydrogen-bond donors (Lipinski definition) is 1. The van der Waals surface area contributed by atoms with Crippen LogP contribution in [0.15, 0.2) is 53.1 Å². The molecule has 0 amide bonds. The van der Waals surface area contributed by atoms with Gasteiger partial charge in [0, 0.05) is 28.8 Å². The van der Waals surface area contributed by atoms with Gasteiger partial charge in [-0.05, 0) is 30.2 Å². The van der Waals surface area contributed by atoms with Crippen LogP contribution in [-0.2, 0) is 11.2 Å². The van der Waals surface area contributed by atoms with Crippen molar-refractivity contribution in [1.29, 1.82) is 0 Å². The maximum atomic E-state index is 6.24. The molecule has 0 saturated heterocycles. The molecule has 0 bridgehead atoms. The van der Waals surface area contributed by atoms with E-state index in [1.54, 1.807) is 6.20 Å². The van der Waals surface area contributed by atoms with Crippen LogP contribution in [0.1, 0.15) is 30.7 Å². The smallest absolute Gasteiger partial charge is 0.0986 e. The zero-order valence-electron chi connectivity index (χ0n) is 12.2. The van der Waals surface area contributed by atoms with E-state index in [4.69, 9.17) is 10.5 Å². The summed E-state index contributed by atoms with van der Waals surface area (Å²) >= 11 is 3.58. The standard InChI is InChI=1S/C17H21BrN2O/c1-2-16(19)17(14-8-3-4-9-15(14)18)21-12-10-13-7-5-6-11-20-13/h3-9,11,16-17H,2,10,12,19H2,1H3. The molecule has 0 spiro atoms. The highest BCUT2D eigenvalue weighted by molar-refractivity contribution is 9.10. The molecule has 4 heteroatoms. The second-order valence-corrected chi connectivity index (χ2v) is 5.81. The van der Waals surface area contributed by atoms with Crippen molar-refractivity contribution in [3.63, 3.8) is 0 Å². The molecule has 0 aliphatic heterocycles. The first kappa shape index (κ1) is 16.1. The molecule has 0 aliphatic rings. The molecule has 2 rings (SSSR count). The Morgan fingerprint density at radius 2 is 1.95 bits per heavy atom. The van der Waals surface area contributed by atoms with Gasteiger partial charge in [0.2, 0.25) is 0 Å². The molecular weight excluding hydrogens is 328 g/mol. The molecule has 2 N–H and O–H groups in total. The molecule has 112 valence electrons. The Labute approximate surface area is 134 Å². The van der Waals surface area contributed by atoms with Gasteiger partial charge in [0.15, 0.2) is 0 Å². The maximum absolute atomic E-state index is 6.24. The molecule has 1 aromatic heterocycles. The van der Waals surface area contributed by atoms with E-state index in [9.17, 15) is 0 Å². The Kier molecular flexibility index (Phi) is 6.36. The van der Waals surface area contributed by atoms with Gasteiger partial charge in [-0.3, -0.25) is 4.98 Å². The molecule has 3 nitrogen and oxygen atoms in total. The van der Waals surface area contributed by atoms with Gasteiger partial charge in [-0.1, -0.05) is 47.1 Å². The zero-order valence-corrected chi connectivity index (χ0v) is 13.8. The lowest BCUT2D eigenvalue weighted by Gasteiger charge is -2.25. The fourth-order valence-corrected chi connectivity index (χ4v) is 2.71. The summed E-state index contributed by atoms with van der Waals surface area (Å²) in [6.45, 7) is 2.69. The average Bonchev–Trinajstić information content (AvgIpc) is 2.53. The predicted octanol–water partition coefficient (Wildman–Crippen LogP) is 3.88. The summed E-state index contributed by atoms with van der Waals surface area (Å²) in [5, 5.41) is 0. The van der Waals surface area contributed by atoms with E-state index < -0.39 is 0 Å². The van der Waals surface area contributed by atoms with Gasteiger partial charge < -0.3 is 10.5 Å². The summed E-state index contributed by atoms with van der Waals surface area (Å²) in [5.74, 6) is 0. The number of aromatic nitrogens is 1. The highest BCUT2D eigenvalue weighted by atomic mass is 79.9. The molecule has 2 aromatic rings. The number of halogens is 1. The third-order valence-corrected chi connectivity index (χ3v) is 4.18. The number of pyridine rings is 1. The van der Waals surface area contributed by atoms with E-state index in [2.05, 4.69) is 33.9 Å². The van der Waals surface area contributed by atoms with Crippen molar-refractivity contribution >= 4 is 15.9 Å². The molecule has 0 saturated carbocycles. The van der Waals surface area contributed by atoms with Gasteiger partial charge in [-0.15, -0.1) is 0 Å². The van der Waals surface area contributed by atoms with Gasteiger partial charge in [0.1, 0.15) is 0 Å². The van der Waals surface area contributed by atoms with Crippen molar-refractivity contribution in [2.75, 3.05) is 6.61 Å². The molecule has 2 atom stereocenters. The van der Waals surface area contributed by atoms with Crippen molar-refractivity contribution in [2.45, 2.75) is 31.9 Å². The molecule has 2 unspecified atom stereocenters. The minimum absolute atomic E-state index is 0.0209. The third kappa shape index (κ3) is 4.63. The Hall–Kier alpha value is -1.23. The average molecular weight is 349 g/mol. The van der Waals surface area contributed by atoms with Gasteiger partial charge in [0.25, 0.3) is 0 Å². The summed E-state index contributed by atoms with van der Waals surface area (Å²) in [7, 11) is 0. The van der Waals surface area contributed by atoms with Crippen LogP contribution in [0, 0.1) is 0 Å². The Balaban J connectivity index is 2.02. The first-order chi connectivity index (χ1) is 10.2. The summed E-state index contributed by atoms with van der Waals surface area (Å²) in [6, 6.07) is 14.0. The largest absolute Gasteiger partial charge is 0.371 e. The van der Waals surface area contributed by atoms with Gasteiger partial charge in [-0.2, -0.15) is 0 Å². The van der Waals surface area contributed by atoms with Gasteiger partial charge >= 0.3 is 0 Å². The lowest BCUT2D eigenvalue weighted by Crippen LogP contribution is -2.30. The SMILES string of the molecule is CCC(N)C(OCCc1ccccn1)c1ccccc1Br. The van der Waals surface area contributed by atoms with E-state index in [-0.39, 0.29) is 12.1 Å². The minimum Gasteiger partial charge on any atom is -0.371 e. The molecule has 0 radical (unpaired) electrons. The molecule has 0 aliphatic carbocycles. The molecule has 1 heterocycles. The summed E-state index contributed by atoms with van der Waals surface area (Å²) in [5.41, 5.74) is 8.38. The Morgan fingerprint density at radius 1 is 1.19 bits per heavy atom. The van der Waals surface area contributed by atoms with Gasteiger partial charge in [0.05, 0.1) is 12.7 Å². The van der Waals surface area contributed by atoms with Crippen LogP contribution < -0.4 is 5.73 Å². The summed E-state index contributed by atoms with van der Waals surface area (Å²) < 4.78 is 7.11. The second-order valence-electron chi connectivity index (χ2n) is 4.96. The van der Waals surface area contributed by atoms with Crippen LogP contribution in [-0.4, -0.2) is 17.6 Å². The second kappa shape index (κ2) is 8.27. The van der Waals surface area contributed by atoms with Crippen LogP contribution >= 0.6 is 15.9 Å². The number of nitrogens with zero attached hydrogens (tertiary/aromatic N) is 1. The highest BCUT2D eigenvalue weighted by Crippen LogP contribution is 2.29. The molecule has 1 aromatic carbocycles. The van der Waals surface area contributed by atoms with Crippen LogP contribution in [0.5, 0.6) is 0 Å². The summed E-state index contributed by atoms with van der Waals surface area (Å²) in [4.78, 5) is 4.31. The number of nitrogens with two attached hydrogens (primary N) is 1. The first-order valence-corrected chi connectivity index (χ1v) is 8.03. The fraction of sp³-hybridized carbons (Fsp3) is 0.353. The molecule has 21 heavy (non-hydrogen) atoms. The van der Waals surface area contributed by atoms with E-state index in [1.165, 1.54) is 0 Å². The van der Waals surface area contributed by atoms with Crippen molar-refractivity contribution in [1.82, 2.24) is 4.98 Å². The van der Waals surface area contributed by atoms with Crippen molar-refractivity contribution in [3.05, 3.63) is 64.4 Å². The number of benzene rings is 1. The van der Waals surface area contributed by atoms with Crippen LogP contribution in [0.25, 0.3) is 0 Å². The lowest BCUT2D eigenvalue weighted by molar-refractivity contribution is 0.0346. The Bertz CT molecular complexity index is 547. The number of hydrogen-bond acceptors (Lipinski definition) is 3. The van der Waals surface area contributed by atoms with Crippen molar-refractivity contribution in [3.8, 4) is 0 Å². The van der Waals surface area contributed by atoms with Crippen molar-refractivity contribution in [2.24, 2.45) is 5.73 Å². The quantitative estimate of drug-likeness (QED) is 0.825. The first-order valence-electron chi connectivity index (χ1n) is 7.24. The third-order valence-electron chi connectivity index (χ3n) is 3.45. The normalized spacial score (nSPS) is 13.9. The fourth-order valence-electron chi connectivity index (χ4n) is 2.20. The topological polar surface area (TPSA) is 48.1 Å². The monoisotopic (exact) mass is 348 g/mol. The number of ether oxygens (including phenoxy) is 1. The maximum Gasteiger partial charge on any atom is 0.0986 e. The highest BCUT2D eigenvalue weighted by Gasteiger charge is 2.21. The summed E-state index contributed by atoms with van der Waals surface area (Å²) in [6.07, 6.45) is 3.36. The minimum atomic E-state index is -0.103. The van der Waals surface area contributed by atoms with E-state index in [0.717, 1.165) is 28.6 Å². The van der Waals surface area contributed by atoms with E-state index in [1.807, 2.05) is 36.4 Å². The zero-order chi connectivity index (χ0) is 15.1.